The molecule has 1 aliphatic rings. The fourth-order valence-electron chi connectivity index (χ4n) is 3.02. The smallest absolute Gasteiger partial charge is 0.343 e. The highest BCUT2D eigenvalue weighted by molar-refractivity contribution is 6.07. The molecule has 3 amide bonds. The maximum Gasteiger partial charge on any atom is 0.343 e. The third-order valence-electron chi connectivity index (χ3n) is 4.68. The van der Waals surface area contributed by atoms with Crippen LogP contribution in [0.3, 0.4) is 0 Å². The molecule has 0 aliphatic carbocycles. The van der Waals surface area contributed by atoms with E-state index >= 15 is 0 Å². The van der Waals surface area contributed by atoms with Gasteiger partial charge in [0.25, 0.3) is 5.91 Å². The van der Waals surface area contributed by atoms with E-state index in [1.54, 1.807) is 24.3 Å². The third-order valence-corrected chi connectivity index (χ3v) is 4.68. The number of rotatable bonds is 4. The molecule has 2 heterocycles. The van der Waals surface area contributed by atoms with E-state index in [2.05, 4.69) is 16.0 Å². The number of amides is 3. The van der Waals surface area contributed by atoms with Crippen LogP contribution in [0.15, 0.2) is 59.1 Å². The molecule has 0 bridgehead atoms. The van der Waals surface area contributed by atoms with Crippen LogP contribution in [0.5, 0.6) is 11.5 Å². The van der Waals surface area contributed by atoms with Crippen molar-refractivity contribution in [3.63, 3.8) is 0 Å². The first-order chi connectivity index (χ1) is 14.3. The van der Waals surface area contributed by atoms with Gasteiger partial charge in [0, 0.05) is 17.0 Å². The summed E-state index contributed by atoms with van der Waals surface area (Å²) < 4.78 is 11.0. The average Bonchev–Trinajstić information content (AvgIpc) is 3.32. The molecule has 154 valence electrons. The summed E-state index contributed by atoms with van der Waals surface area (Å²) in [6.07, 6.45) is 0. The molecule has 2 aromatic carbocycles. The zero-order chi connectivity index (χ0) is 21.3. The SMILES string of the molecule is CC(C)(C)c1cc(NNC(=O)N2Cc3cc(Oc4ccccc4)ccc3C2=O)on1. The number of hydrazine groups is 1. The van der Waals surface area contributed by atoms with Gasteiger partial charge in [-0.05, 0) is 35.9 Å². The van der Waals surface area contributed by atoms with Gasteiger partial charge < -0.3 is 9.26 Å². The Bertz CT molecular complexity index is 1090. The Morgan fingerprint density at radius 1 is 1.10 bits per heavy atom. The lowest BCUT2D eigenvalue weighted by atomic mass is 9.92. The van der Waals surface area contributed by atoms with Gasteiger partial charge in [0.1, 0.15) is 11.5 Å². The van der Waals surface area contributed by atoms with Crippen molar-refractivity contribution in [1.82, 2.24) is 15.5 Å². The van der Waals surface area contributed by atoms with Gasteiger partial charge in [0.2, 0.25) is 5.88 Å². The van der Waals surface area contributed by atoms with Crippen LogP contribution in [0.25, 0.3) is 0 Å². The molecule has 1 aliphatic heterocycles. The lowest BCUT2D eigenvalue weighted by molar-refractivity contribution is 0.0822. The van der Waals surface area contributed by atoms with Crippen molar-refractivity contribution in [3.05, 3.63) is 71.4 Å². The molecule has 0 saturated heterocycles. The van der Waals surface area contributed by atoms with Gasteiger partial charge in [-0.2, -0.15) is 0 Å². The van der Waals surface area contributed by atoms with Gasteiger partial charge in [-0.3, -0.25) is 15.1 Å². The summed E-state index contributed by atoms with van der Waals surface area (Å²) in [6.45, 7) is 6.16. The van der Waals surface area contributed by atoms with E-state index in [0.717, 1.165) is 16.2 Å². The Labute approximate surface area is 173 Å². The summed E-state index contributed by atoms with van der Waals surface area (Å²) >= 11 is 0. The van der Waals surface area contributed by atoms with Crippen molar-refractivity contribution in [2.75, 3.05) is 5.43 Å². The number of fused-ring (bicyclic) bond motifs is 1. The van der Waals surface area contributed by atoms with E-state index in [4.69, 9.17) is 9.26 Å². The van der Waals surface area contributed by atoms with Crippen molar-refractivity contribution in [1.29, 1.82) is 0 Å². The molecule has 0 atom stereocenters. The van der Waals surface area contributed by atoms with Crippen molar-refractivity contribution < 1.29 is 18.8 Å². The Morgan fingerprint density at radius 3 is 2.57 bits per heavy atom. The summed E-state index contributed by atoms with van der Waals surface area (Å²) in [6, 6.07) is 15.6. The number of imide groups is 1. The van der Waals surface area contributed by atoms with Gasteiger partial charge in [0.15, 0.2) is 0 Å². The largest absolute Gasteiger partial charge is 0.457 e. The molecule has 30 heavy (non-hydrogen) atoms. The highest BCUT2D eigenvalue weighted by Crippen LogP contribution is 2.29. The summed E-state index contributed by atoms with van der Waals surface area (Å²) in [5.74, 6) is 1.21. The number of ether oxygens (including phenoxy) is 1. The third kappa shape index (κ3) is 3.98. The zero-order valence-corrected chi connectivity index (χ0v) is 16.9. The number of urea groups is 1. The van der Waals surface area contributed by atoms with Gasteiger partial charge >= 0.3 is 6.03 Å². The monoisotopic (exact) mass is 406 g/mol. The molecule has 3 aromatic rings. The number of nitrogens with one attached hydrogen (secondary N) is 2. The molecule has 0 fully saturated rings. The molecule has 2 N–H and O–H groups in total. The number of hydrogen-bond donors (Lipinski definition) is 2. The number of carbonyl (C=O) groups is 2. The van der Waals surface area contributed by atoms with E-state index in [1.165, 1.54) is 0 Å². The number of nitrogens with zero attached hydrogens (tertiary/aromatic N) is 2. The van der Waals surface area contributed by atoms with Gasteiger partial charge in [-0.15, -0.1) is 0 Å². The second-order valence-corrected chi connectivity index (χ2v) is 8.01. The van der Waals surface area contributed by atoms with Crippen LogP contribution in [0.2, 0.25) is 0 Å². The van der Waals surface area contributed by atoms with E-state index < -0.39 is 6.03 Å². The second-order valence-electron chi connectivity index (χ2n) is 8.01. The first-order valence-corrected chi connectivity index (χ1v) is 9.52. The van der Waals surface area contributed by atoms with Crippen molar-refractivity contribution in [2.24, 2.45) is 0 Å². The molecule has 1 aromatic heterocycles. The van der Waals surface area contributed by atoms with Crippen LogP contribution < -0.4 is 15.6 Å². The van der Waals surface area contributed by atoms with Crippen LogP contribution in [0.4, 0.5) is 10.7 Å². The number of hydrogen-bond acceptors (Lipinski definition) is 6. The molecular formula is C22H22N4O4. The van der Waals surface area contributed by atoms with E-state index in [9.17, 15) is 9.59 Å². The molecule has 8 heteroatoms. The predicted octanol–water partition coefficient (Wildman–Crippen LogP) is 4.46. The first-order valence-electron chi connectivity index (χ1n) is 9.52. The topological polar surface area (TPSA) is 96.7 Å². The molecule has 0 saturated carbocycles. The van der Waals surface area contributed by atoms with Crippen molar-refractivity contribution >= 4 is 17.8 Å². The minimum absolute atomic E-state index is 0.150. The maximum absolute atomic E-state index is 12.6. The van der Waals surface area contributed by atoms with Gasteiger partial charge in [-0.25, -0.2) is 10.2 Å². The molecule has 8 nitrogen and oxygen atoms in total. The number of carbonyl (C=O) groups excluding carboxylic acids is 2. The molecule has 0 unspecified atom stereocenters. The molecule has 4 rings (SSSR count). The van der Waals surface area contributed by atoms with Crippen LogP contribution in [-0.2, 0) is 12.0 Å². The summed E-state index contributed by atoms with van der Waals surface area (Å²) in [5, 5.41) is 3.97. The second kappa shape index (κ2) is 7.55. The summed E-state index contributed by atoms with van der Waals surface area (Å²) in [7, 11) is 0. The fourth-order valence-corrected chi connectivity index (χ4v) is 3.02. The molecule has 0 spiro atoms. The van der Waals surface area contributed by atoms with Gasteiger partial charge in [0.05, 0.1) is 12.2 Å². The van der Waals surface area contributed by atoms with Crippen molar-refractivity contribution in [2.45, 2.75) is 32.7 Å². The van der Waals surface area contributed by atoms with Crippen LogP contribution in [0.1, 0.15) is 42.4 Å². The predicted molar refractivity (Wildman–Crippen MR) is 110 cm³/mol. The van der Waals surface area contributed by atoms with Crippen LogP contribution in [0, 0.1) is 0 Å². The van der Waals surface area contributed by atoms with Crippen molar-refractivity contribution in [3.8, 4) is 11.5 Å². The lowest BCUT2D eigenvalue weighted by Gasteiger charge is -2.14. The first kappa shape index (κ1) is 19.5. The summed E-state index contributed by atoms with van der Waals surface area (Å²) in [5.41, 5.74) is 6.89. The highest BCUT2D eigenvalue weighted by atomic mass is 16.5. The summed E-state index contributed by atoms with van der Waals surface area (Å²) in [4.78, 5) is 26.2. The minimum atomic E-state index is -0.588. The Balaban J connectivity index is 1.40. The van der Waals surface area contributed by atoms with Gasteiger partial charge in [-0.1, -0.05) is 44.1 Å². The Hall–Kier alpha value is -3.81. The van der Waals surface area contributed by atoms with E-state index in [0.29, 0.717) is 17.1 Å². The Kier molecular flexibility index (Phi) is 4.91. The molecular weight excluding hydrogens is 384 g/mol. The average molecular weight is 406 g/mol. The number of para-hydroxylation sites is 1. The zero-order valence-electron chi connectivity index (χ0n) is 16.9. The number of benzene rings is 2. The quantitative estimate of drug-likeness (QED) is 0.621. The highest BCUT2D eigenvalue weighted by Gasteiger charge is 2.32. The standard InChI is InChI=1S/C22H22N4O4/c1-22(2,3)18-12-19(30-25-18)23-24-21(28)26-13-14-11-16(9-10-17(14)20(26)27)29-15-7-5-4-6-8-15/h4-12,23H,13H2,1-3H3,(H,24,28). The van der Waals surface area contributed by atoms with Crippen LogP contribution >= 0.6 is 0 Å². The number of anilines is 1. The molecule has 0 radical (unpaired) electrons. The normalized spacial score (nSPS) is 13.2. The van der Waals surface area contributed by atoms with E-state index in [-0.39, 0.29) is 23.8 Å². The number of aromatic nitrogens is 1. The minimum Gasteiger partial charge on any atom is -0.457 e. The Morgan fingerprint density at radius 2 is 1.87 bits per heavy atom. The maximum atomic E-state index is 12.6. The van der Waals surface area contributed by atoms with E-state index in [1.807, 2.05) is 51.1 Å². The lowest BCUT2D eigenvalue weighted by Crippen LogP contribution is -2.42. The fraction of sp³-hybridized carbons (Fsp3) is 0.227. The van der Waals surface area contributed by atoms with Crippen LogP contribution in [-0.4, -0.2) is 22.0 Å².